The molecule has 0 radical (unpaired) electrons. The topological polar surface area (TPSA) is 61.6 Å². The molecule has 8 heteroatoms. The summed E-state index contributed by atoms with van der Waals surface area (Å²) in [6.07, 6.45) is 1.70. The SMILES string of the molecule is CN1CCN(c2ccc(-c3c(-c4cccc(C(=O)O)c4)c4c(Cl)ccnc4n3C)cc2)CC1.[LiH]. The number of anilines is 1. The number of aryl methyl sites for hydroxylation is 1. The molecule has 1 fully saturated rings. The van der Waals surface area contributed by atoms with Crippen LogP contribution in [0.25, 0.3) is 33.4 Å². The average Bonchev–Trinajstić information content (AvgIpc) is 3.13. The van der Waals surface area contributed by atoms with E-state index in [9.17, 15) is 9.90 Å². The maximum absolute atomic E-state index is 11.6. The Balaban J connectivity index is 0.00000274. The van der Waals surface area contributed by atoms with E-state index in [-0.39, 0.29) is 24.4 Å². The van der Waals surface area contributed by atoms with Crippen molar-refractivity contribution in [2.75, 3.05) is 38.1 Å². The van der Waals surface area contributed by atoms with E-state index in [0.29, 0.717) is 5.02 Å². The molecule has 0 amide bonds. The van der Waals surface area contributed by atoms with E-state index in [2.05, 4.69) is 46.1 Å². The molecule has 1 saturated heterocycles. The molecule has 1 aliphatic heterocycles. The second-order valence-electron chi connectivity index (χ2n) is 8.50. The third-order valence-corrected chi connectivity index (χ3v) is 6.74. The second kappa shape index (κ2) is 9.85. The number of halogens is 1. The van der Waals surface area contributed by atoms with Gasteiger partial charge in [-0.15, -0.1) is 0 Å². The summed E-state index contributed by atoms with van der Waals surface area (Å²) in [5.74, 6) is -0.959. The van der Waals surface area contributed by atoms with Gasteiger partial charge in [0.05, 0.1) is 16.3 Å². The molecule has 0 aliphatic carbocycles. The molecule has 2 aromatic heterocycles. The van der Waals surface area contributed by atoms with E-state index in [4.69, 9.17) is 11.6 Å². The molecule has 0 atom stereocenters. The fourth-order valence-corrected chi connectivity index (χ4v) is 4.86. The number of carboxylic acid groups (broad SMARTS) is 1. The first kappa shape index (κ1) is 24.4. The molecule has 5 rings (SSSR count). The average molecular weight is 469 g/mol. The van der Waals surface area contributed by atoms with Crippen LogP contribution in [0.2, 0.25) is 5.02 Å². The van der Waals surface area contributed by atoms with Gasteiger partial charge < -0.3 is 19.5 Å². The summed E-state index contributed by atoms with van der Waals surface area (Å²) in [5, 5.41) is 10.9. The number of carboxylic acids is 1. The van der Waals surface area contributed by atoms with Gasteiger partial charge >= 0.3 is 24.8 Å². The number of benzene rings is 2. The molecular formula is C26H26ClLiN4O2. The quantitative estimate of drug-likeness (QED) is 0.451. The molecule has 34 heavy (non-hydrogen) atoms. The summed E-state index contributed by atoms with van der Waals surface area (Å²) in [7, 11) is 4.13. The number of hydrogen-bond acceptors (Lipinski definition) is 4. The third-order valence-electron chi connectivity index (χ3n) is 6.43. The van der Waals surface area contributed by atoms with Gasteiger partial charge in [-0.3, -0.25) is 0 Å². The Hall–Kier alpha value is -2.75. The van der Waals surface area contributed by atoms with Gasteiger partial charge in [0.1, 0.15) is 5.65 Å². The molecule has 3 heterocycles. The number of hydrogen-bond donors (Lipinski definition) is 1. The van der Waals surface area contributed by atoms with Gasteiger partial charge in [-0.2, -0.15) is 0 Å². The number of aromatic carboxylic acids is 1. The van der Waals surface area contributed by atoms with Crippen molar-refractivity contribution in [3.63, 3.8) is 0 Å². The van der Waals surface area contributed by atoms with Crippen molar-refractivity contribution in [1.82, 2.24) is 14.5 Å². The summed E-state index contributed by atoms with van der Waals surface area (Å²) < 4.78 is 2.04. The van der Waals surface area contributed by atoms with Gasteiger partial charge in [-0.05, 0) is 48.5 Å². The van der Waals surface area contributed by atoms with Gasteiger partial charge in [0.2, 0.25) is 0 Å². The first-order chi connectivity index (χ1) is 15.9. The Kier molecular flexibility index (Phi) is 7.06. The van der Waals surface area contributed by atoms with Crippen molar-refractivity contribution in [2.45, 2.75) is 0 Å². The van der Waals surface area contributed by atoms with Crippen molar-refractivity contribution in [1.29, 1.82) is 0 Å². The Morgan fingerprint density at radius 1 is 0.971 bits per heavy atom. The predicted molar refractivity (Wildman–Crippen MR) is 140 cm³/mol. The number of carbonyl (C=O) groups is 1. The number of likely N-dealkylation sites (N-methyl/N-ethyl adjacent to an activating group) is 1. The summed E-state index contributed by atoms with van der Waals surface area (Å²) in [6, 6.07) is 17.3. The minimum atomic E-state index is -0.959. The monoisotopic (exact) mass is 468 g/mol. The molecule has 170 valence electrons. The van der Waals surface area contributed by atoms with Gasteiger partial charge in [0, 0.05) is 56.1 Å². The Labute approximate surface area is 215 Å². The Morgan fingerprint density at radius 3 is 2.35 bits per heavy atom. The Bertz CT molecular complexity index is 1350. The first-order valence-electron chi connectivity index (χ1n) is 10.9. The fraction of sp³-hybridized carbons (Fsp3) is 0.231. The third kappa shape index (κ3) is 4.35. The van der Waals surface area contributed by atoms with Gasteiger partial charge in [0.15, 0.2) is 0 Å². The van der Waals surface area contributed by atoms with Crippen molar-refractivity contribution in [2.24, 2.45) is 7.05 Å². The summed E-state index contributed by atoms with van der Waals surface area (Å²) in [5.41, 5.74) is 5.88. The van der Waals surface area contributed by atoms with E-state index >= 15 is 0 Å². The predicted octanol–water partition coefficient (Wildman–Crippen LogP) is 4.36. The molecule has 0 spiro atoms. The van der Waals surface area contributed by atoms with Crippen LogP contribution in [0.3, 0.4) is 0 Å². The molecule has 6 nitrogen and oxygen atoms in total. The van der Waals surface area contributed by atoms with E-state index in [1.807, 2.05) is 17.7 Å². The molecule has 0 bridgehead atoms. The number of aromatic nitrogens is 2. The molecule has 1 N–H and O–H groups in total. The molecule has 0 unspecified atom stereocenters. The van der Waals surface area contributed by atoms with Crippen LogP contribution in [0.1, 0.15) is 10.4 Å². The summed E-state index contributed by atoms with van der Waals surface area (Å²) in [4.78, 5) is 21.0. The number of fused-ring (bicyclic) bond motifs is 1. The van der Waals surface area contributed by atoms with E-state index in [1.54, 1.807) is 30.5 Å². The van der Waals surface area contributed by atoms with Crippen molar-refractivity contribution < 1.29 is 9.90 Å². The van der Waals surface area contributed by atoms with Crippen LogP contribution < -0.4 is 4.90 Å². The van der Waals surface area contributed by atoms with Crippen molar-refractivity contribution in [3.8, 4) is 22.4 Å². The van der Waals surface area contributed by atoms with E-state index in [0.717, 1.165) is 59.6 Å². The number of piperazine rings is 1. The summed E-state index contributed by atoms with van der Waals surface area (Å²) >= 11 is 6.65. The van der Waals surface area contributed by atoms with Gasteiger partial charge in [-0.25, -0.2) is 9.78 Å². The molecule has 2 aromatic carbocycles. The van der Waals surface area contributed by atoms with Crippen LogP contribution in [0.15, 0.2) is 60.8 Å². The minimum absolute atomic E-state index is 0. The molecule has 4 aromatic rings. The number of pyridine rings is 1. The van der Waals surface area contributed by atoms with Crippen LogP contribution >= 0.6 is 11.6 Å². The van der Waals surface area contributed by atoms with Crippen molar-refractivity contribution in [3.05, 3.63) is 71.4 Å². The maximum atomic E-state index is 11.6. The molecule has 1 aliphatic rings. The normalized spacial score (nSPS) is 14.3. The van der Waals surface area contributed by atoms with Crippen LogP contribution in [0.4, 0.5) is 5.69 Å². The molecule has 0 saturated carbocycles. The van der Waals surface area contributed by atoms with E-state index in [1.165, 1.54) is 5.69 Å². The summed E-state index contributed by atoms with van der Waals surface area (Å²) in [6.45, 7) is 4.13. The van der Waals surface area contributed by atoms with Crippen LogP contribution in [0.5, 0.6) is 0 Å². The fourth-order valence-electron chi connectivity index (χ4n) is 4.63. The van der Waals surface area contributed by atoms with Gasteiger partial charge in [0.25, 0.3) is 0 Å². The zero-order valence-electron chi connectivity index (χ0n) is 18.6. The Morgan fingerprint density at radius 2 is 1.68 bits per heavy atom. The van der Waals surface area contributed by atoms with Crippen LogP contribution in [-0.2, 0) is 7.05 Å². The van der Waals surface area contributed by atoms with Gasteiger partial charge in [-0.1, -0.05) is 35.9 Å². The number of nitrogens with zero attached hydrogens (tertiary/aromatic N) is 4. The second-order valence-corrected chi connectivity index (χ2v) is 8.90. The zero-order valence-corrected chi connectivity index (χ0v) is 19.4. The van der Waals surface area contributed by atoms with Crippen LogP contribution in [-0.4, -0.2) is 77.6 Å². The molecular weight excluding hydrogens is 443 g/mol. The zero-order chi connectivity index (χ0) is 23.1. The standard InChI is InChI=1S/C26H25ClN4O2.Li.H/c1-29-12-14-31(15-13-29)20-8-6-17(7-9-20)24-22(18-4-3-5-19(16-18)26(32)33)23-21(27)10-11-28-25(23)30(24)2;;/h3-11,16H,12-15H2,1-2H3,(H,32,33);;. The van der Waals surface area contributed by atoms with Crippen LogP contribution in [0, 0.1) is 0 Å². The first-order valence-corrected chi connectivity index (χ1v) is 11.3. The van der Waals surface area contributed by atoms with Crippen molar-refractivity contribution >= 4 is 53.2 Å². The van der Waals surface area contributed by atoms with E-state index < -0.39 is 5.97 Å². The number of rotatable bonds is 4.